The molecule has 0 aliphatic heterocycles. The van der Waals surface area contributed by atoms with Crippen molar-refractivity contribution in [1.82, 2.24) is 24.1 Å². The maximum atomic E-state index is 11.4. The first kappa shape index (κ1) is 40.6. The van der Waals surface area contributed by atoms with Gasteiger partial charge in [-0.3, -0.25) is 0 Å². The Labute approximate surface area is 385 Å². The molecule has 0 amide bonds. The van der Waals surface area contributed by atoms with Gasteiger partial charge in [0.05, 0.1) is 39.0 Å². The Morgan fingerprint density at radius 1 is 0.379 bits per heavy atom. The molecule has 0 aliphatic carbocycles. The van der Waals surface area contributed by atoms with Crippen molar-refractivity contribution >= 4 is 43.6 Å². The van der Waals surface area contributed by atoms with Gasteiger partial charge in [0.15, 0.2) is 17.5 Å². The van der Waals surface area contributed by atoms with E-state index in [1.54, 1.807) is 0 Å². The number of nitriles is 1. The van der Waals surface area contributed by atoms with E-state index in [2.05, 4.69) is 178 Å². The van der Waals surface area contributed by atoms with E-state index in [1.165, 1.54) is 21.9 Å². The summed E-state index contributed by atoms with van der Waals surface area (Å²) in [7, 11) is 0. The lowest BCUT2D eigenvalue weighted by Crippen LogP contribution is -2.10. The normalized spacial score (nSPS) is 12.1. The van der Waals surface area contributed by atoms with Crippen LogP contribution in [-0.2, 0) is 10.8 Å². The molecular weight excluding hydrogens is 805 g/mol. The quantitative estimate of drug-likeness (QED) is 0.167. The number of nitrogens with zero attached hydrogens (tertiary/aromatic N) is 6. The Balaban J connectivity index is 1.20. The summed E-state index contributed by atoms with van der Waals surface area (Å²) in [4.78, 5) is 15.3. The van der Waals surface area contributed by atoms with Gasteiger partial charge in [0.2, 0.25) is 0 Å². The summed E-state index contributed by atoms with van der Waals surface area (Å²) in [6.45, 7) is 13.5. The third-order valence-electron chi connectivity index (χ3n) is 13.0. The molecule has 318 valence electrons. The molecule has 0 saturated carbocycles. The number of aromatic nitrogens is 5. The lowest BCUT2D eigenvalue weighted by Gasteiger charge is -2.20. The highest BCUT2D eigenvalue weighted by molar-refractivity contribution is 6.11. The second-order valence-electron chi connectivity index (χ2n) is 19.3. The molecule has 0 spiro atoms. The highest BCUT2D eigenvalue weighted by Gasteiger charge is 2.25. The van der Waals surface area contributed by atoms with Crippen molar-refractivity contribution in [3.63, 3.8) is 0 Å². The monoisotopic (exact) mass is 852 g/mol. The third kappa shape index (κ3) is 6.83. The van der Waals surface area contributed by atoms with Gasteiger partial charge in [-0.05, 0) is 70.5 Å². The maximum Gasteiger partial charge on any atom is 0.164 e. The van der Waals surface area contributed by atoms with E-state index in [0.717, 1.165) is 72.0 Å². The second-order valence-corrected chi connectivity index (χ2v) is 19.3. The highest BCUT2D eigenvalue weighted by atomic mass is 15.0. The lowest BCUT2D eigenvalue weighted by molar-refractivity contribution is 0.591. The zero-order valence-electron chi connectivity index (χ0n) is 38.0. The van der Waals surface area contributed by atoms with E-state index in [9.17, 15) is 5.26 Å². The van der Waals surface area contributed by atoms with Gasteiger partial charge in [-0.2, -0.15) is 5.26 Å². The van der Waals surface area contributed by atoms with Crippen LogP contribution in [0.4, 0.5) is 0 Å². The van der Waals surface area contributed by atoms with Crippen molar-refractivity contribution < 1.29 is 0 Å². The predicted molar refractivity (Wildman–Crippen MR) is 272 cm³/mol. The molecule has 11 aromatic rings. The van der Waals surface area contributed by atoms with Crippen molar-refractivity contribution in [1.29, 1.82) is 5.26 Å². The molecule has 0 unspecified atom stereocenters. The smallest absolute Gasteiger partial charge is 0.164 e. The molecule has 6 heteroatoms. The standard InChI is InChI=1S/C60H48N6/c1-59(2,3)41-29-32-53-47(35-41)44-22-13-15-25-50(44)65(53)52-27-17-24-43(49(52)37-61)46-31-28-40(58-63-56(38-18-9-7-10-19-38)62-57(64-58)39-20-11-8-12-21-39)34-55(46)66-51-26-16-14-23-45(51)48-36-42(60(4,5)6)30-33-54(48)66/h7-36H,1-6H3. The largest absolute Gasteiger partial charge is 0.309 e. The number of hydrogen-bond acceptors (Lipinski definition) is 4. The first-order chi connectivity index (χ1) is 32.0. The Morgan fingerprint density at radius 2 is 0.833 bits per heavy atom. The minimum atomic E-state index is -0.0443. The summed E-state index contributed by atoms with van der Waals surface area (Å²) < 4.78 is 4.62. The molecule has 0 fully saturated rings. The average molecular weight is 853 g/mol. The van der Waals surface area contributed by atoms with Gasteiger partial charge < -0.3 is 9.13 Å². The molecule has 0 atom stereocenters. The molecule has 3 aromatic heterocycles. The van der Waals surface area contributed by atoms with Crippen LogP contribution < -0.4 is 0 Å². The molecule has 6 nitrogen and oxygen atoms in total. The SMILES string of the molecule is CC(C)(C)c1ccc2c(c1)c1ccccc1n2-c1cc(-c2nc(-c3ccccc3)nc(-c3ccccc3)n2)ccc1-c1cccc(-n2c3ccccc3c3cc(C(C)(C)C)ccc32)c1C#N. The van der Waals surface area contributed by atoms with Gasteiger partial charge in [0.25, 0.3) is 0 Å². The molecule has 66 heavy (non-hydrogen) atoms. The topological polar surface area (TPSA) is 72.3 Å². The van der Waals surface area contributed by atoms with E-state index >= 15 is 0 Å². The van der Waals surface area contributed by atoms with E-state index in [0.29, 0.717) is 23.0 Å². The molecule has 0 aliphatic rings. The zero-order valence-corrected chi connectivity index (χ0v) is 38.0. The van der Waals surface area contributed by atoms with Crippen LogP contribution >= 0.6 is 0 Å². The summed E-state index contributed by atoms with van der Waals surface area (Å²) in [6.07, 6.45) is 0. The van der Waals surface area contributed by atoms with E-state index in [-0.39, 0.29) is 10.8 Å². The van der Waals surface area contributed by atoms with Gasteiger partial charge in [0, 0.05) is 49.4 Å². The Kier molecular flexibility index (Phi) is 9.56. The predicted octanol–water partition coefficient (Wildman–Crippen LogP) is 15.2. The maximum absolute atomic E-state index is 11.4. The number of para-hydroxylation sites is 2. The van der Waals surface area contributed by atoms with Crippen molar-refractivity contribution in [3.8, 4) is 62.7 Å². The molecule has 11 rings (SSSR count). The van der Waals surface area contributed by atoms with Crippen molar-refractivity contribution in [3.05, 3.63) is 199 Å². The number of benzene rings is 8. The zero-order chi connectivity index (χ0) is 45.3. The van der Waals surface area contributed by atoms with E-state index in [4.69, 9.17) is 15.0 Å². The Morgan fingerprint density at radius 3 is 1.33 bits per heavy atom. The van der Waals surface area contributed by atoms with Crippen LogP contribution in [0.5, 0.6) is 0 Å². The Bertz CT molecular complexity index is 3670. The second kappa shape index (κ2) is 15.5. The third-order valence-corrected chi connectivity index (χ3v) is 13.0. The van der Waals surface area contributed by atoms with Crippen LogP contribution in [0.15, 0.2) is 182 Å². The van der Waals surface area contributed by atoms with Crippen molar-refractivity contribution in [2.75, 3.05) is 0 Å². The van der Waals surface area contributed by atoms with Gasteiger partial charge in [-0.1, -0.05) is 175 Å². The lowest BCUT2D eigenvalue weighted by atomic mass is 9.86. The van der Waals surface area contributed by atoms with Gasteiger partial charge in [-0.25, -0.2) is 15.0 Å². The first-order valence-corrected chi connectivity index (χ1v) is 22.6. The number of hydrogen-bond donors (Lipinski definition) is 0. The summed E-state index contributed by atoms with van der Waals surface area (Å²) in [5, 5.41) is 16.1. The molecule has 0 bridgehead atoms. The summed E-state index contributed by atoms with van der Waals surface area (Å²) >= 11 is 0. The number of rotatable bonds is 6. The molecule has 8 aromatic carbocycles. The molecule has 3 heterocycles. The van der Waals surface area contributed by atoms with Crippen LogP contribution in [-0.4, -0.2) is 24.1 Å². The number of fused-ring (bicyclic) bond motifs is 6. The van der Waals surface area contributed by atoms with Crippen LogP contribution in [0, 0.1) is 11.3 Å². The van der Waals surface area contributed by atoms with E-state index in [1.807, 2.05) is 60.7 Å². The fourth-order valence-electron chi connectivity index (χ4n) is 9.49. The fourth-order valence-corrected chi connectivity index (χ4v) is 9.49. The Hall–Kier alpha value is -8.14. The minimum absolute atomic E-state index is 0.0215. The van der Waals surface area contributed by atoms with Crippen LogP contribution in [0.2, 0.25) is 0 Å². The van der Waals surface area contributed by atoms with Crippen LogP contribution in [0.25, 0.3) is 100 Å². The molecule has 0 N–H and O–H groups in total. The minimum Gasteiger partial charge on any atom is -0.309 e. The van der Waals surface area contributed by atoms with Gasteiger partial charge >= 0.3 is 0 Å². The summed E-state index contributed by atoms with van der Waals surface area (Å²) in [6, 6.07) is 66.3. The van der Waals surface area contributed by atoms with Crippen molar-refractivity contribution in [2.24, 2.45) is 0 Å². The van der Waals surface area contributed by atoms with E-state index < -0.39 is 0 Å². The van der Waals surface area contributed by atoms with Gasteiger partial charge in [-0.15, -0.1) is 0 Å². The van der Waals surface area contributed by atoms with Crippen LogP contribution in [0.3, 0.4) is 0 Å². The summed E-state index contributed by atoms with van der Waals surface area (Å²) in [5.41, 5.74) is 13.4. The average Bonchev–Trinajstić information content (AvgIpc) is 3.85. The molecule has 0 saturated heterocycles. The van der Waals surface area contributed by atoms with Gasteiger partial charge in [0.1, 0.15) is 6.07 Å². The first-order valence-electron chi connectivity index (χ1n) is 22.6. The molecular formula is C60H48N6. The highest BCUT2D eigenvalue weighted by Crippen LogP contribution is 2.43. The molecule has 0 radical (unpaired) electrons. The summed E-state index contributed by atoms with van der Waals surface area (Å²) in [5.74, 6) is 1.74. The van der Waals surface area contributed by atoms with Crippen molar-refractivity contribution in [2.45, 2.75) is 52.4 Å². The van der Waals surface area contributed by atoms with Crippen LogP contribution in [0.1, 0.15) is 58.2 Å². The fraction of sp³-hybridized carbons (Fsp3) is 0.133.